The lowest BCUT2D eigenvalue weighted by Gasteiger charge is -2.20. The summed E-state index contributed by atoms with van der Waals surface area (Å²) >= 11 is 0. The van der Waals surface area contributed by atoms with Gasteiger partial charge in [-0.25, -0.2) is 0 Å². The highest BCUT2D eigenvalue weighted by Crippen LogP contribution is 2.37. The number of ketones is 1. The lowest BCUT2D eigenvalue weighted by Crippen LogP contribution is -2.41. The van der Waals surface area contributed by atoms with E-state index >= 15 is 0 Å². The Bertz CT molecular complexity index is 962. The number of pyridine rings is 1. The van der Waals surface area contributed by atoms with E-state index < -0.39 is 36.6 Å². The van der Waals surface area contributed by atoms with E-state index in [-0.39, 0.29) is 23.9 Å². The molecule has 0 aliphatic heterocycles. The quantitative estimate of drug-likeness (QED) is 0.508. The Morgan fingerprint density at radius 2 is 1.61 bits per heavy atom. The number of nitrogens with zero attached hydrogens (tertiary/aromatic N) is 1. The maximum Gasteiger partial charge on any atom is 0.499 e. The van der Waals surface area contributed by atoms with Crippen molar-refractivity contribution in [2.45, 2.75) is 45.5 Å². The van der Waals surface area contributed by atoms with Crippen LogP contribution in [0, 0.1) is 5.92 Å². The number of ether oxygens (including phenoxy) is 2. The van der Waals surface area contributed by atoms with Crippen LogP contribution in [-0.2, 0) is 16.0 Å². The van der Waals surface area contributed by atoms with Crippen molar-refractivity contribution in [3.8, 4) is 11.5 Å². The zero-order chi connectivity index (χ0) is 24.8. The predicted octanol–water partition coefficient (Wildman–Crippen LogP) is 4.64. The molecule has 11 heteroatoms. The Morgan fingerprint density at radius 3 is 2.18 bits per heavy atom. The van der Waals surface area contributed by atoms with E-state index in [1.165, 1.54) is 0 Å². The topological polar surface area (TPSA) is 77.5 Å². The Balaban J connectivity index is 1.88. The van der Waals surface area contributed by atoms with E-state index in [2.05, 4.69) is 15.0 Å². The molecule has 0 saturated carbocycles. The molecule has 1 aromatic heterocycles. The van der Waals surface area contributed by atoms with Crippen molar-refractivity contribution in [2.24, 2.45) is 5.92 Å². The largest absolute Gasteiger partial charge is 0.499 e. The van der Waals surface area contributed by atoms with Crippen molar-refractivity contribution in [3.63, 3.8) is 0 Å². The summed E-state index contributed by atoms with van der Waals surface area (Å²) in [5.74, 6) is -1.22. The predicted molar refractivity (Wildman–Crippen MR) is 108 cm³/mol. The normalized spacial score (nSPS) is 12.9. The van der Waals surface area contributed by atoms with Crippen molar-refractivity contribution in [2.75, 3.05) is 6.61 Å². The van der Waals surface area contributed by atoms with Gasteiger partial charge in [-0.05, 0) is 48.9 Å². The van der Waals surface area contributed by atoms with Gasteiger partial charge in [0, 0.05) is 24.2 Å². The Hall–Kier alpha value is -3.24. The second-order valence-corrected chi connectivity index (χ2v) is 7.54. The molecule has 0 radical (unpaired) electrons. The number of aromatic nitrogens is 1. The lowest BCUT2D eigenvalue weighted by atomic mass is 10.0. The molecule has 1 unspecified atom stereocenters. The van der Waals surface area contributed by atoms with E-state index in [9.17, 15) is 31.5 Å². The van der Waals surface area contributed by atoms with Gasteiger partial charge in [0.2, 0.25) is 0 Å². The summed E-state index contributed by atoms with van der Waals surface area (Å²) in [5, 5.41) is 2.70. The van der Waals surface area contributed by atoms with E-state index in [4.69, 9.17) is 4.74 Å². The molecule has 1 atom stereocenters. The Morgan fingerprint density at radius 1 is 1.00 bits per heavy atom. The number of nitrogens with one attached hydrogen (secondary N) is 1. The van der Waals surface area contributed by atoms with Crippen LogP contribution in [0.25, 0.3) is 0 Å². The van der Waals surface area contributed by atoms with Crippen molar-refractivity contribution in [1.29, 1.82) is 0 Å². The van der Waals surface area contributed by atoms with Crippen LogP contribution < -0.4 is 14.8 Å². The van der Waals surface area contributed by atoms with Crippen LogP contribution in [-0.4, -0.2) is 35.6 Å². The number of Topliss-reactive ketones (excluding diaryl/α,β-unsaturated/α-hetero) is 1. The van der Waals surface area contributed by atoms with E-state index in [0.717, 1.165) is 29.8 Å². The van der Waals surface area contributed by atoms with Gasteiger partial charge in [-0.3, -0.25) is 14.6 Å². The standard InChI is InChI=1S/C22H23F5N2O4/c1-13(2)19(30)11-16-10-15(8-9-28-16)14(3)29-20(31)12-32-17-4-6-18(7-5-17)33-22(26,27)21(23,24)25/h4-10,13-14H,11-12H2,1-3H3,(H,29,31). The third-order valence-electron chi connectivity index (χ3n) is 4.49. The van der Waals surface area contributed by atoms with Crippen LogP contribution in [0.2, 0.25) is 0 Å². The van der Waals surface area contributed by atoms with Gasteiger partial charge in [0.05, 0.1) is 6.04 Å². The fraction of sp³-hybridized carbons (Fsp3) is 0.409. The van der Waals surface area contributed by atoms with Gasteiger partial charge in [-0.15, -0.1) is 0 Å². The number of halogens is 5. The summed E-state index contributed by atoms with van der Waals surface area (Å²) in [7, 11) is 0. The summed E-state index contributed by atoms with van der Waals surface area (Å²) in [6.45, 7) is 4.90. The molecular formula is C22H23F5N2O4. The summed E-state index contributed by atoms with van der Waals surface area (Å²) in [4.78, 5) is 28.2. The molecule has 1 N–H and O–H groups in total. The van der Waals surface area contributed by atoms with Gasteiger partial charge in [-0.1, -0.05) is 13.8 Å². The second kappa shape index (κ2) is 10.6. The van der Waals surface area contributed by atoms with Gasteiger partial charge in [0.1, 0.15) is 17.3 Å². The molecule has 0 fully saturated rings. The molecule has 6 nitrogen and oxygen atoms in total. The van der Waals surface area contributed by atoms with Crippen molar-refractivity contribution < 1.29 is 41.0 Å². The van der Waals surface area contributed by atoms with Crippen molar-refractivity contribution in [3.05, 3.63) is 53.9 Å². The molecule has 1 amide bonds. The number of alkyl halides is 5. The summed E-state index contributed by atoms with van der Waals surface area (Å²) in [6, 6.07) is 6.93. The molecule has 0 bridgehead atoms. The van der Waals surface area contributed by atoms with Crippen LogP contribution in [0.1, 0.15) is 38.1 Å². The fourth-order valence-electron chi connectivity index (χ4n) is 2.57. The molecular weight excluding hydrogens is 451 g/mol. The SMILES string of the molecule is CC(C)C(=O)Cc1cc(C(C)NC(=O)COc2ccc(OC(F)(F)C(F)(F)F)cc2)ccn1. The van der Waals surface area contributed by atoms with Gasteiger partial charge >= 0.3 is 12.3 Å². The summed E-state index contributed by atoms with van der Waals surface area (Å²) in [6.07, 6.45) is -9.45. The fourth-order valence-corrected chi connectivity index (χ4v) is 2.57. The molecule has 180 valence electrons. The second-order valence-electron chi connectivity index (χ2n) is 7.54. The first-order chi connectivity index (χ1) is 15.3. The maximum atomic E-state index is 12.9. The molecule has 0 spiro atoms. The third kappa shape index (κ3) is 7.69. The molecule has 1 aromatic carbocycles. The number of amides is 1. The number of carbonyl (C=O) groups is 2. The first-order valence-electron chi connectivity index (χ1n) is 9.92. The highest BCUT2D eigenvalue weighted by molar-refractivity contribution is 5.82. The zero-order valence-corrected chi connectivity index (χ0v) is 18.1. The highest BCUT2D eigenvalue weighted by Gasteiger charge is 2.61. The summed E-state index contributed by atoms with van der Waals surface area (Å²) in [5.41, 5.74) is 1.32. The monoisotopic (exact) mass is 474 g/mol. The number of benzene rings is 1. The van der Waals surface area contributed by atoms with E-state index in [1.807, 2.05) is 0 Å². The summed E-state index contributed by atoms with van der Waals surface area (Å²) < 4.78 is 71.3. The van der Waals surface area contributed by atoms with Gasteiger partial charge < -0.3 is 14.8 Å². The van der Waals surface area contributed by atoms with Gasteiger partial charge in [0.25, 0.3) is 5.91 Å². The van der Waals surface area contributed by atoms with E-state index in [0.29, 0.717) is 5.69 Å². The maximum absolute atomic E-state index is 12.9. The van der Waals surface area contributed by atoms with Gasteiger partial charge in [-0.2, -0.15) is 22.0 Å². The minimum Gasteiger partial charge on any atom is -0.484 e. The molecule has 1 heterocycles. The minimum atomic E-state index is -5.85. The van der Waals surface area contributed by atoms with Crippen LogP contribution in [0.15, 0.2) is 42.6 Å². The highest BCUT2D eigenvalue weighted by atomic mass is 19.4. The number of rotatable bonds is 10. The molecule has 33 heavy (non-hydrogen) atoms. The molecule has 2 rings (SSSR count). The first-order valence-corrected chi connectivity index (χ1v) is 9.92. The van der Waals surface area contributed by atoms with Crippen LogP contribution >= 0.6 is 0 Å². The van der Waals surface area contributed by atoms with Crippen molar-refractivity contribution >= 4 is 11.7 Å². The number of carbonyl (C=O) groups excluding carboxylic acids is 2. The van der Waals surface area contributed by atoms with Crippen LogP contribution in [0.4, 0.5) is 22.0 Å². The molecule has 0 saturated heterocycles. The smallest absolute Gasteiger partial charge is 0.484 e. The van der Waals surface area contributed by atoms with Crippen molar-refractivity contribution in [1.82, 2.24) is 10.3 Å². The molecule has 0 aliphatic rings. The van der Waals surface area contributed by atoms with Crippen LogP contribution in [0.3, 0.4) is 0 Å². The Kier molecular flexibility index (Phi) is 8.34. The Labute approximate surface area is 187 Å². The third-order valence-corrected chi connectivity index (χ3v) is 4.49. The number of hydrogen-bond acceptors (Lipinski definition) is 5. The minimum absolute atomic E-state index is 0.0447. The molecule has 2 aromatic rings. The number of hydrogen-bond donors (Lipinski definition) is 1. The van der Waals surface area contributed by atoms with Gasteiger partial charge in [0.15, 0.2) is 6.61 Å². The van der Waals surface area contributed by atoms with Crippen LogP contribution in [0.5, 0.6) is 11.5 Å². The van der Waals surface area contributed by atoms with E-state index in [1.54, 1.807) is 39.1 Å². The average Bonchev–Trinajstić information content (AvgIpc) is 2.72. The molecule has 0 aliphatic carbocycles. The zero-order valence-electron chi connectivity index (χ0n) is 18.1. The first kappa shape index (κ1) is 26.0. The lowest BCUT2D eigenvalue weighted by molar-refractivity contribution is -0.360. The average molecular weight is 474 g/mol.